The number of hydrogen-bond donors (Lipinski definition) is 2. The van der Waals surface area contributed by atoms with Crippen LogP contribution in [0.2, 0.25) is 0 Å². The minimum Gasteiger partial charge on any atom is -0.389 e. The highest BCUT2D eigenvalue weighted by Crippen LogP contribution is 2.23. The SMILES string of the molecule is CSc1cc(Cc2cc(C(=O)N[C@H]3CCOC[C@@H]3O)nc3ccccc23)ccn1. The van der Waals surface area contributed by atoms with Crippen LogP contribution in [0, 0.1) is 0 Å². The first-order valence-corrected chi connectivity index (χ1v) is 10.8. The van der Waals surface area contributed by atoms with Crippen LogP contribution in [-0.4, -0.2) is 52.6 Å². The molecule has 0 spiro atoms. The Morgan fingerprint density at radius 1 is 1.31 bits per heavy atom. The molecule has 2 N–H and O–H groups in total. The number of benzene rings is 1. The molecule has 7 heteroatoms. The summed E-state index contributed by atoms with van der Waals surface area (Å²) in [5.41, 5.74) is 3.30. The second-order valence-corrected chi connectivity index (χ2v) is 7.90. The molecular formula is C22H23N3O3S. The number of aromatic nitrogens is 2. The van der Waals surface area contributed by atoms with Crippen molar-refractivity contribution < 1.29 is 14.6 Å². The first kappa shape index (κ1) is 19.8. The number of carbonyl (C=O) groups is 1. The van der Waals surface area contributed by atoms with Crippen LogP contribution >= 0.6 is 11.8 Å². The number of ether oxygens (including phenoxy) is 1. The molecule has 1 amide bonds. The zero-order chi connectivity index (χ0) is 20.2. The molecule has 0 saturated carbocycles. The number of fused-ring (bicyclic) bond motifs is 1. The van der Waals surface area contributed by atoms with E-state index in [1.807, 2.05) is 48.9 Å². The molecule has 0 bridgehead atoms. The summed E-state index contributed by atoms with van der Waals surface area (Å²) >= 11 is 1.60. The molecule has 1 aliphatic heterocycles. The van der Waals surface area contributed by atoms with Gasteiger partial charge in [-0.2, -0.15) is 0 Å². The molecule has 2 atom stereocenters. The number of thioether (sulfide) groups is 1. The van der Waals surface area contributed by atoms with Crippen molar-refractivity contribution in [1.82, 2.24) is 15.3 Å². The number of aliphatic hydroxyl groups is 1. The van der Waals surface area contributed by atoms with Crippen LogP contribution in [-0.2, 0) is 11.2 Å². The predicted molar refractivity (Wildman–Crippen MR) is 113 cm³/mol. The van der Waals surface area contributed by atoms with Crippen molar-refractivity contribution in [3.8, 4) is 0 Å². The second-order valence-electron chi connectivity index (χ2n) is 7.08. The van der Waals surface area contributed by atoms with Gasteiger partial charge in [0.15, 0.2) is 0 Å². The Bertz CT molecular complexity index is 1030. The van der Waals surface area contributed by atoms with Gasteiger partial charge in [-0.25, -0.2) is 9.97 Å². The number of aliphatic hydroxyl groups excluding tert-OH is 1. The summed E-state index contributed by atoms with van der Waals surface area (Å²) in [6.45, 7) is 0.763. The zero-order valence-electron chi connectivity index (χ0n) is 16.2. The van der Waals surface area contributed by atoms with Crippen LogP contribution < -0.4 is 5.32 Å². The van der Waals surface area contributed by atoms with Gasteiger partial charge in [0, 0.05) is 18.2 Å². The maximum absolute atomic E-state index is 12.9. The smallest absolute Gasteiger partial charge is 0.270 e. The number of nitrogens with one attached hydrogen (secondary N) is 1. The molecule has 1 aliphatic rings. The number of para-hydroxylation sites is 1. The standard InChI is InChI=1S/C22H23N3O3S/c1-29-21-11-14(6-8-23-21)10-15-12-19(24-17-5-3-2-4-16(15)17)22(27)25-18-7-9-28-13-20(18)26/h2-6,8,11-12,18,20,26H,7,9-10,13H2,1H3,(H,25,27)/t18-,20-/m0/s1. The zero-order valence-corrected chi connectivity index (χ0v) is 17.0. The van der Waals surface area contributed by atoms with E-state index in [-0.39, 0.29) is 18.6 Å². The maximum atomic E-state index is 12.9. The third-order valence-electron chi connectivity index (χ3n) is 5.08. The summed E-state index contributed by atoms with van der Waals surface area (Å²) < 4.78 is 5.24. The Labute approximate surface area is 173 Å². The molecule has 150 valence electrons. The van der Waals surface area contributed by atoms with Gasteiger partial charge in [0.2, 0.25) is 0 Å². The van der Waals surface area contributed by atoms with E-state index in [9.17, 15) is 9.90 Å². The Morgan fingerprint density at radius 2 is 2.17 bits per heavy atom. The molecule has 1 fully saturated rings. The van der Waals surface area contributed by atoms with Gasteiger partial charge in [-0.1, -0.05) is 18.2 Å². The van der Waals surface area contributed by atoms with E-state index in [1.54, 1.807) is 11.8 Å². The summed E-state index contributed by atoms with van der Waals surface area (Å²) in [4.78, 5) is 21.8. The van der Waals surface area contributed by atoms with Gasteiger partial charge in [0.25, 0.3) is 5.91 Å². The Balaban J connectivity index is 1.65. The highest BCUT2D eigenvalue weighted by atomic mass is 32.2. The average Bonchev–Trinajstić information content (AvgIpc) is 2.75. The summed E-state index contributed by atoms with van der Waals surface area (Å²) in [5.74, 6) is -0.275. The minimum atomic E-state index is -0.700. The van der Waals surface area contributed by atoms with Gasteiger partial charge in [-0.15, -0.1) is 11.8 Å². The van der Waals surface area contributed by atoms with Gasteiger partial charge in [0.1, 0.15) is 5.69 Å². The minimum absolute atomic E-state index is 0.237. The van der Waals surface area contributed by atoms with Crippen molar-refractivity contribution in [3.63, 3.8) is 0 Å². The number of pyridine rings is 2. The number of carbonyl (C=O) groups excluding carboxylic acids is 1. The summed E-state index contributed by atoms with van der Waals surface area (Å²) in [7, 11) is 0. The quantitative estimate of drug-likeness (QED) is 0.631. The second kappa shape index (κ2) is 8.90. The lowest BCUT2D eigenvalue weighted by Crippen LogP contribution is -2.48. The molecular weight excluding hydrogens is 386 g/mol. The summed E-state index contributed by atoms with van der Waals surface area (Å²) in [6, 6.07) is 13.4. The normalized spacial score (nSPS) is 19.2. The lowest BCUT2D eigenvalue weighted by molar-refractivity contribution is -0.0261. The third-order valence-corrected chi connectivity index (χ3v) is 5.72. The van der Waals surface area contributed by atoms with E-state index in [0.717, 1.165) is 27.1 Å². The Kier molecular flexibility index (Phi) is 6.08. The Morgan fingerprint density at radius 3 is 3.00 bits per heavy atom. The molecule has 1 aromatic carbocycles. The summed E-state index contributed by atoms with van der Waals surface area (Å²) in [6.07, 6.45) is 4.38. The van der Waals surface area contributed by atoms with E-state index in [0.29, 0.717) is 25.1 Å². The van der Waals surface area contributed by atoms with E-state index in [2.05, 4.69) is 21.4 Å². The van der Waals surface area contributed by atoms with Crippen molar-refractivity contribution in [2.45, 2.75) is 30.0 Å². The molecule has 0 radical (unpaired) electrons. The van der Waals surface area contributed by atoms with Gasteiger partial charge >= 0.3 is 0 Å². The largest absolute Gasteiger partial charge is 0.389 e. The fourth-order valence-electron chi connectivity index (χ4n) is 3.54. The van der Waals surface area contributed by atoms with Crippen LogP contribution in [0.4, 0.5) is 0 Å². The van der Waals surface area contributed by atoms with Crippen molar-refractivity contribution in [2.24, 2.45) is 0 Å². The molecule has 1 saturated heterocycles. The van der Waals surface area contributed by atoms with Crippen LogP contribution in [0.1, 0.15) is 28.0 Å². The van der Waals surface area contributed by atoms with E-state index in [4.69, 9.17) is 4.74 Å². The Hall–Kier alpha value is -2.48. The van der Waals surface area contributed by atoms with Crippen LogP contribution in [0.15, 0.2) is 53.7 Å². The van der Waals surface area contributed by atoms with Crippen LogP contribution in [0.5, 0.6) is 0 Å². The predicted octanol–water partition coefficient (Wildman–Crippen LogP) is 2.82. The average molecular weight is 410 g/mol. The molecule has 6 nitrogen and oxygen atoms in total. The number of rotatable bonds is 5. The number of hydrogen-bond acceptors (Lipinski definition) is 6. The van der Waals surface area contributed by atoms with E-state index in [1.165, 1.54) is 0 Å². The summed E-state index contributed by atoms with van der Waals surface area (Å²) in [5, 5.41) is 15.0. The van der Waals surface area contributed by atoms with Crippen LogP contribution in [0.3, 0.4) is 0 Å². The number of nitrogens with zero attached hydrogens (tertiary/aromatic N) is 2. The van der Waals surface area contributed by atoms with Gasteiger partial charge in [-0.3, -0.25) is 4.79 Å². The van der Waals surface area contributed by atoms with Gasteiger partial charge in [0.05, 0.1) is 29.3 Å². The molecule has 0 unspecified atom stereocenters. The molecule has 0 aliphatic carbocycles. The van der Waals surface area contributed by atoms with Crippen molar-refractivity contribution in [2.75, 3.05) is 19.5 Å². The molecule has 4 rings (SSSR count). The maximum Gasteiger partial charge on any atom is 0.270 e. The van der Waals surface area contributed by atoms with Crippen molar-refractivity contribution in [1.29, 1.82) is 0 Å². The first-order valence-electron chi connectivity index (χ1n) is 9.58. The highest BCUT2D eigenvalue weighted by Gasteiger charge is 2.26. The monoisotopic (exact) mass is 409 g/mol. The third kappa shape index (κ3) is 4.58. The first-order chi connectivity index (χ1) is 14.1. The van der Waals surface area contributed by atoms with Gasteiger partial charge < -0.3 is 15.2 Å². The van der Waals surface area contributed by atoms with Gasteiger partial charge in [-0.05, 0) is 54.5 Å². The fraction of sp³-hybridized carbons (Fsp3) is 0.318. The topological polar surface area (TPSA) is 84.3 Å². The van der Waals surface area contributed by atoms with Crippen molar-refractivity contribution >= 4 is 28.6 Å². The molecule has 29 heavy (non-hydrogen) atoms. The number of amides is 1. The lowest BCUT2D eigenvalue weighted by atomic mass is 10.00. The molecule has 2 aromatic heterocycles. The highest BCUT2D eigenvalue weighted by molar-refractivity contribution is 7.98. The molecule has 3 heterocycles. The lowest BCUT2D eigenvalue weighted by Gasteiger charge is -2.28. The van der Waals surface area contributed by atoms with E-state index < -0.39 is 6.10 Å². The van der Waals surface area contributed by atoms with Crippen LogP contribution in [0.25, 0.3) is 10.9 Å². The fourth-order valence-corrected chi connectivity index (χ4v) is 3.97. The van der Waals surface area contributed by atoms with Crippen molar-refractivity contribution in [3.05, 3.63) is 65.5 Å². The van der Waals surface area contributed by atoms with E-state index >= 15 is 0 Å². The molecule has 3 aromatic rings.